The minimum atomic E-state index is -0.347. The Labute approximate surface area is 107 Å². The van der Waals surface area contributed by atoms with Gasteiger partial charge in [0.1, 0.15) is 11.6 Å². The standard InChI is InChI=1S/C15H20FNO/c16-14-7-3-2-6-12(14)10-13(18)11-15(17)8-4-1-5-9-15/h2-3,6-7H,1,4-5,8-11,17H2. The summed E-state index contributed by atoms with van der Waals surface area (Å²) in [7, 11) is 0. The van der Waals surface area contributed by atoms with Crippen LogP contribution in [-0.2, 0) is 11.2 Å². The summed E-state index contributed by atoms with van der Waals surface area (Å²) in [4.78, 5) is 12.0. The molecule has 1 aliphatic rings. The first kappa shape index (κ1) is 13.2. The minimum absolute atomic E-state index is 0.0458. The van der Waals surface area contributed by atoms with Crippen LogP contribution in [0.3, 0.4) is 0 Å². The SMILES string of the molecule is NC1(CC(=O)Cc2ccccc2F)CCCCC1. The van der Waals surface area contributed by atoms with Crippen LogP contribution in [0.25, 0.3) is 0 Å². The molecule has 2 N–H and O–H groups in total. The lowest BCUT2D eigenvalue weighted by atomic mass is 9.78. The maximum atomic E-state index is 13.4. The predicted octanol–water partition coefficient (Wildman–Crippen LogP) is 2.99. The van der Waals surface area contributed by atoms with Crippen molar-refractivity contribution in [1.82, 2.24) is 0 Å². The predicted molar refractivity (Wildman–Crippen MR) is 69.7 cm³/mol. The lowest BCUT2D eigenvalue weighted by Crippen LogP contribution is -2.43. The molecule has 0 unspecified atom stereocenters. The number of carbonyl (C=O) groups is 1. The molecular formula is C15H20FNO. The van der Waals surface area contributed by atoms with Crippen molar-refractivity contribution < 1.29 is 9.18 Å². The Morgan fingerprint density at radius 2 is 1.89 bits per heavy atom. The molecule has 2 nitrogen and oxygen atoms in total. The first-order chi connectivity index (χ1) is 8.59. The van der Waals surface area contributed by atoms with Crippen LogP contribution in [0.5, 0.6) is 0 Å². The molecular weight excluding hydrogens is 229 g/mol. The summed E-state index contributed by atoms with van der Waals surface area (Å²) in [6.45, 7) is 0. The van der Waals surface area contributed by atoms with Gasteiger partial charge in [-0.25, -0.2) is 4.39 Å². The summed E-state index contributed by atoms with van der Waals surface area (Å²) < 4.78 is 13.4. The summed E-state index contributed by atoms with van der Waals surface area (Å²) in [5.74, 6) is -0.259. The normalized spacial score (nSPS) is 18.6. The van der Waals surface area contributed by atoms with Crippen LogP contribution in [-0.4, -0.2) is 11.3 Å². The van der Waals surface area contributed by atoms with E-state index in [9.17, 15) is 9.18 Å². The van der Waals surface area contributed by atoms with Crippen LogP contribution in [0.2, 0.25) is 0 Å². The maximum absolute atomic E-state index is 13.4. The first-order valence-corrected chi connectivity index (χ1v) is 6.63. The molecule has 3 heteroatoms. The quantitative estimate of drug-likeness (QED) is 0.891. The summed E-state index contributed by atoms with van der Waals surface area (Å²) in [6.07, 6.45) is 5.77. The highest BCUT2D eigenvalue weighted by molar-refractivity contribution is 5.82. The van der Waals surface area contributed by atoms with E-state index in [1.807, 2.05) is 0 Å². The van der Waals surface area contributed by atoms with Crippen molar-refractivity contribution in [2.45, 2.75) is 50.5 Å². The Balaban J connectivity index is 1.94. The number of hydrogen-bond donors (Lipinski definition) is 1. The smallest absolute Gasteiger partial charge is 0.139 e. The van der Waals surface area contributed by atoms with E-state index < -0.39 is 0 Å². The third kappa shape index (κ3) is 3.39. The monoisotopic (exact) mass is 249 g/mol. The molecule has 0 aliphatic heterocycles. The number of carbonyl (C=O) groups excluding carboxylic acids is 1. The van der Waals surface area contributed by atoms with Crippen LogP contribution >= 0.6 is 0 Å². The Morgan fingerprint density at radius 1 is 1.22 bits per heavy atom. The topological polar surface area (TPSA) is 43.1 Å². The van der Waals surface area contributed by atoms with Crippen molar-refractivity contribution in [3.63, 3.8) is 0 Å². The Morgan fingerprint density at radius 3 is 2.56 bits per heavy atom. The van der Waals surface area contributed by atoms with Gasteiger partial charge in [-0.1, -0.05) is 37.5 Å². The zero-order chi connectivity index (χ0) is 13.0. The number of nitrogens with two attached hydrogens (primary N) is 1. The number of halogens is 1. The molecule has 0 aromatic heterocycles. The zero-order valence-electron chi connectivity index (χ0n) is 10.6. The average molecular weight is 249 g/mol. The third-order valence-electron chi connectivity index (χ3n) is 3.74. The number of Topliss-reactive ketones (excluding diaryl/α,β-unsaturated/α-hetero) is 1. The molecule has 0 bridgehead atoms. The van der Waals surface area contributed by atoms with Crippen molar-refractivity contribution >= 4 is 5.78 Å². The molecule has 1 aromatic carbocycles. The van der Waals surface area contributed by atoms with Gasteiger partial charge >= 0.3 is 0 Å². The highest BCUT2D eigenvalue weighted by Gasteiger charge is 2.29. The van der Waals surface area contributed by atoms with Crippen molar-refractivity contribution in [2.75, 3.05) is 0 Å². The summed E-state index contributed by atoms with van der Waals surface area (Å²) in [5, 5.41) is 0. The van der Waals surface area contributed by atoms with Gasteiger partial charge in [0.05, 0.1) is 0 Å². The fourth-order valence-corrected chi connectivity index (χ4v) is 2.74. The molecule has 0 spiro atoms. The van der Waals surface area contributed by atoms with E-state index in [0.717, 1.165) is 25.7 Å². The molecule has 18 heavy (non-hydrogen) atoms. The highest BCUT2D eigenvalue weighted by Crippen LogP contribution is 2.29. The molecule has 0 atom stereocenters. The number of ketones is 1. The van der Waals surface area contributed by atoms with Crippen LogP contribution in [0.1, 0.15) is 44.1 Å². The van der Waals surface area contributed by atoms with Gasteiger partial charge in [-0.2, -0.15) is 0 Å². The van der Waals surface area contributed by atoms with Crippen molar-refractivity contribution in [1.29, 1.82) is 0 Å². The van der Waals surface area contributed by atoms with Crippen LogP contribution in [0.15, 0.2) is 24.3 Å². The average Bonchev–Trinajstić information content (AvgIpc) is 2.32. The lowest BCUT2D eigenvalue weighted by molar-refractivity contribution is -0.119. The number of rotatable bonds is 4. The Kier molecular flexibility index (Phi) is 4.12. The molecule has 1 saturated carbocycles. The van der Waals surface area contributed by atoms with Crippen LogP contribution < -0.4 is 5.73 Å². The third-order valence-corrected chi connectivity index (χ3v) is 3.74. The van der Waals surface area contributed by atoms with Gasteiger partial charge < -0.3 is 5.73 Å². The molecule has 0 heterocycles. The maximum Gasteiger partial charge on any atom is 0.139 e. The Hall–Kier alpha value is -1.22. The number of benzene rings is 1. The molecule has 0 amide bonds. The second-order valence-electron chi connectivity index (χ2n) is 5.41. The van der Waals surface area contributed by atoms with Gasteiger partial charge in [0.25, 0.3) is 0 Å². The van der Waals surface area contributed by atoms with Gasteiger partial charge in [-0.3, -0.25) is 4.79 Å². The van der Waals surface area contributed by atoms with E-state index in [0.29, 0.717) is 12.0 Å². The molecule has 0 radical (unpaired) electrons. The van der Waals surface area contributed by atoms with E-state index in [4.69, 9.17) is 5.73 Å². The molecule has 1 fully saturated rings. The second-order valence-corrected chi connectivity index (χ2v) is 5.41. The molecule has 1 aromatic rings. The van der Waals surface area contributed by atoms with Gasteiger partial charge in [-0.05, 0) is 24.5 Å². The van der Waals surface area contributed by atoms with E-state index in [1.165, 1.54) is 12.5 Å². The lowest BCUT2D eigenvalue weighted by Gasteiger charge is -2.32. The summed E-state index contributed by atoms with van der Waals surface area (Å²) in [6, 6.07) is 6.44. The molecule has 1 aliphatic carbocycles. The van der Waals surface area contributed by atoms with Gasteiger partial charge in [0.15, 0.2) is 0 Å². The molecule has 2 rings (SSSR count). The molecule has 98 valence electrons. The van der Waals surface area contributed by atoms with Crippen molar-refractivity contribution in [3.05, 3.63) is 35.6 Å². The van der Waals surface area contributed by atoms with Gasteiger partial charge in [0, 0.05) is 18.4 Å². The van der Waals surface area contributed by atoms with Gasteiger partial charge in [0.2, 0.25) is 0 Å². The Bertz CT molecular complexity index is 424. The summed E-state index contributed by atoms with van der Waals surface area (Å²) in [5.41, 5.74) is 6.36. The van der Waals surface area contributed by atoms with Gasteiger partial charge in [-0.15, -0.1) is 0 Å². The minimum Gasteiger partial charge on any atom is -0.325 e. The molecule has 0 saturated heterocycles. The van der Waals surface area contributed by atoms with Crippen LogP contribution in [0, 0.1) is 5.82 Å². The van der Waals surface area contributed by atoms with Crippen molar-refractivity contribution in [2.24, 2.45) is 5.73 Å². The summed E-state index contributed by atoms with van der Waals surface area (Å²) >= 11 is 0. The highest BCUT2D eigenvalue weighted by atomic mass is 19.1. The van der Waals surface area contributed by atoms with E-state index in [-0.39, 0.29) is 23.6 Å². The number of hydrogen-bond acceptors (Lipinski definition) is 2. The second kappa shape index (κ2) is 5.61. The van der Waals surface area contributed by atoms with E-state index >= 15 is 0 Å². The van der Waals surface area contributed by atoms with Crippen molar-refractivity contribution in [3.8, 4) is 0 Å². The van der Waals surface area contributed by atoms with E-state index in [1.54, 1.807) is 18.2 Å². The van der Waals surface area contributed by atoms with Crippen LogP contribution in [0.4, 0.5) is 4.39 Å². The first-order valence-electron chi connectivity index (χ1n) is 6.63. The fourth-order valence-electron chi connectivity index (χ4n) is 2.74. The zero-order valence-corrected chi connectivity index (χ0v) is 10.6. The largest absolute Gasteiger partial charge is 0.325 e. The van der Waals surface area contributed by atoms with E-state index in [2.05, 4.69) is 0 Å². The fraction of sp³-hybridized carbons (Fsp3) is 0.533.